The van der Waals surface area contributed by atoms with Gasteiger partial charge in [-0.2, -0.15) is 0 Å². The lowest BCUT2D eigenvalue weighted by molar-refractivity contribution is 0.0729. The van der Waals surface area contributed by atoms with Crippen LogP contribution in [0.15, 0.2) is 87.4 Å². The van der Waals surface area contributed by atoms with Crippen molar-refractivity contribution in [1.82, 2.24) is 9.97 Å². The Morgan fingerprint density at radius 2 is 1.59 bits per heavy atom. The van der Waals surface area contributed by atoms with E-state index in [0.29, 0.717) is 22.2 Å². The first-order chi connectivity index (χ1) is 15.5. The highest BCUT2D eigenvalue weighted by atomic mass is 32.2. The van der Waals surface area contributed by atoms with Crippen LogP contribution in [0.2, 0.25) is 0 Å². The maximum atomic E-state index is 12.5. The molecule has 0 amide bonds. The standard InChI is InChI=1S/C25H20N2O4S/c1-16-12-17(2)27-25(26-16)32-15-21-13-22(28)23(14-30-21)31-24(29)20-10-8-19(9-11-20)18-6-4-3-5-7-18/h3-14H,15H2,1-2H3. The fourth-order valence-corrected chi connectivity index (χ4v) is 3.91. The van der Waals surface area contributed by atoms with Crippen LogP contribution in [-0.2, 0) is 5.75 Å². The molecule has 2 aromatic heterocycles. The summed E-state index contributed by atoms with van der Waals surface area (Å²) in [7, 11) is 0. The van der Waals surface area contributed by atoms with Gasteiger partial charge in [0.2, 0.25) is 11.2 Å². The van der Waals surface area contributed by atoms with Crippen LogP contribution in [0.3, 0.4) is 0 Å². The Bertz CT molecular complexity index is 1280. The lowest BCUT2D eigenvalue weighted by atomic mass is 10.0. The minimum absolute atomic E-state index is 0.154. The zero-order chi connectivity index (χ0) is 22.5. The Hall–Kier alpha value is -3.71. The average Bonchev–Trinajstić information content (AvgIpc) is 2.79. The van der Waals surface area contributed by atoms with Gasteiger partial charge in [-0.3, -0.25) is 4.79 Å². The molecular formula is C25H20N2O4S. The molecule has 0 radical (unpaired) electrons. The number of carbonyl (C=O) groups excluding carboxylic acids is 1. The second-order valence-corrected chi connectivity index (χ2v) is 8.07. The van der Waals surface area contributed by atoms with Crippen molar-refractivity contribution in [3.8, 4) is 16.9 Å². The van der Waals surface area contributed by atoms with Crippen LogP contribution in [0.25, 0.3) is 11.1 Å². The average molecular weight is 445 g/mol. The maximum Gasteiger partial charge on any atom is 0.343 e. The van der Waals surface area contributed by atoms with Crippen molar-refractivity contribution in [3.05, 3.63) is 106 Å². The van der Waals surface area contributed by atoms with Crippen molar-refractivity contribution >= 4 is 17.7 Å². The molecule has 0 bridgehead atoms. The predicted octanol–water partition coefficient (Wildman–Crippen LogP) is 5.23. The van der Waals surface area contributed by atoms with Crippen LogP contribution < -0.4 is 10.2 Å². The van der Waals surface area contributed by atoms with Crippen LogP contribution in [-0.4, -0.2) is 15.9 Å². The lowest BCUT2D eigenvalue weighted by Gasteiger charge is -2.06. The van der Waals surface area contributed by atoms with E-state index < -0.39 is 11.4 Å². The van der Waals surface area contributed by atoms with Crippen LogP contribution in [0.4, 0.5) is 0 Å². The molecule has 32 heavy (non-hydrogen) atoms. The van der Waals surface area contributed by atoms with Gasteiger partial charge < -0.3 is 9.15 Å². The van der Waals surface area contributed by atoms with Crippen LogP contribution >= 0.6 is 11.8 Å². The minimum Gasteiger partial charge on any atom is -0.464 e. The van der Waals surface area contributed by atoms with Gasteiger partial charge >= 0.3 is 5.97 Å². The third kappa shape index (κ3) is 5.31. The van der Waals surface area contributed by atoms with Crippen molar-refractivity contribution in [3.63, 3.8) is 0 Å². The number of hydrogen-bond acceptors (Lipinski definition) is 7. The Labute approximate surface area is 189 Å². The van der Waals surface area contributed by atoms with E-state index in [2.05, 4.69) is 9.97 Å². The van der Waals surface area contributed by atoms with Crippen molar-refractivity contribution in [2.24, 2.45) is 0 Å². The number of benzene rings is 2. The second kappa shape index (κ2) is 9.62. The van der Waals surface area contributed by atoms with Gasteiger partial charge in [0.1, 0.15) is 12.0 Å². The topological polar surface area (TPSA) is 82.3 Å². The third-order valence-corrected chi connectivity index (χ3v) is 5.46. The summed E-state index contributed by atoms with van der Waals surface area (Å²) in [6, 6.07) is 20.0. The molecular weight excluding hydrogens is 424 g/mol. The molecule has 0 aliphatic heterocycles. The molecule has 4 rings (SSSR count). The number of thioether (sulfide) groups is 1. The highest BCUT2D eigenvalue weighted by molar-refractivity contribution is 7.98. The van der Waals surface area contributed by atoms with E-state index >= 15 is 0 Å². The fourth-order valence-electron chi connectivity index (χ4n) is 3.07. The van der Waals surface area contributed by atoms with E-state index in [0.717, 1.165) is 28.8 Å². The highest BCUT2D eigenvalue weighted by Gasteiger charge is 2.13. The summed E-state index contributed by atoms with van der Waals surface area (Å²) < 4.78 is 10.7. The number of aryl methyl sites for hydroxylation is 2. The summed E-state index contributed by atoms with van der Waals surface area (Å²) >= 11 is 1.36. The first-order valence-corrected chi connectivity index (χ1v) is 10.9. The van der Waals surface area contributed by atoms with Crippen molar-refractivity contribution in [1.29, 1.82) is 0 Å². The van der Waals surface area contributed by atoms with E-state index in [1.165, 1.54) is 17.8 Å². The van der Waals surface area contributed by atoms with Crippen molar-refractivity contribution in [2.45, 2.75) is 24.8 Å². The summed E-state index contributed by atoms with van der Waals surface area (Å²) in [5.41, 5.74) is 3.70. The van der Waals surface area contributed by atoms with Gasteiger partial charge in [-0.1, -0.05) is 54.2 Å². The quantitative estimate of drug-likeness (QED) is 0.229. The number of aromatic nitrogens is 2. The van der Waals surface area contributed by atoms with Crippen LogP contribution in [0.1, 0.15) is 27.5 Å². The van der Waals surface area contributed by atoms with Gasteiger partial charge in [-0.05, 0) is 43.2 Å². The fraction of sp³-hybridized carbons (Fsp3) is 0.120. The summed E-state index contributed by atoms with van der Waals surface area (Å²) in [6.07, 6.45) is 1.16. The normalized spacial score (nSPS) is 10.7. The molecule has 4 aromatic rings. The monoisotopic (exact) mass is 444 g/mol. The Morgan fingerprint density at radius 3 is 2.25 bits per heavy atom. The number of ether oxygens (including phenoxy) is 1. The number of carbonyl (C=O) groups is 1. The Balaban J connectivity index is 1.41. The van der Waals surface area contributed by atoms with E-state index in [4.69, 9.17) is 9.15 Å². The zero-order valence-electron chi connectivity index (χ0n) is 17.6. The van der Waals surface area contributed by atoms with Crippen molar-refractivity contribution < 1.29 is 13.9 Å². The largest absolute Gasteiger partial charge is 0.464 e. The van der Waals surface area contributed by atoms with Crippen LogP contribution in [0.5, 0.6) is 5.75 Å². The molecule has 0 spiro atoms. The molecule has 0 atom stereocenters. The first-order valence-electron chi connectivity index (χ1n) is 9.92. The Kier molecular flexibility index (Phi) is 6.47. The lowest BCUT2D eigenvalue weighted by Crippen LogP contribution is -2.14. The predicted molar refractivity (Wildman–Crippen MR) is 123 cm³/mol. The molecule has 0 aliphatic rings. The zero-order valence-corrected chi connectivity index (χ0v) is 18.4. The van der Waals surface area contributed by atoms with Gasteiger partial charge in [-0.15, -0.1) is 0 Å². The van der Waals surface area contributed by atoms with Gasteiger partial charge in [0.05, 0.1) is 11.3 Å². The van der Waals surface area contributed by atoms with Gasteiger partial charge in [0.25, 0.3) is 0 Å². The Morgan fingerprint density at radius 1 is 0.938 bits per heavy atom. The van der Waals surface area contributed by atoms with E-state index in [9.17, 15) is 9.59 Å². The molecule has 0 saturated carbocycles. The minimum atomic E-state index is -0.623. The number of nitrogens with zero attached hydrogens (tertiary/aromatic N) is 2. The molecule has 0 N–H and O–H groups in total. The van der Waals surface area contributed by atoms with E-state index in [1.54, 1.807) is 12.1 Å². The molecule has 7 heteroatoms. The summed E-state index contributed by atoms with van der Waals surface area (Å²) in [6.45, 7) is 3.80. The van der Waals surface area contributed by atoms with Gasteiger partial charge in [0.15, 0.2) is 5.16 Å². The summed E-state index contributed by atoms with van der Waals surface area (Å²) in [4.78, 5) is 33.5. The summed E-state index contributed by atoms with van der Waals surface area (Å²) in [5.74, 6) is 0.0452. The molecule has 0 unspecified atom stereocenters. The highest BCUT2D eigenvalue weighted by Crippen LogP contribution is 2.22. The van der Waals surface area contributed by atoms with E-state index in [1.807, 2.05) is 62.4 Å². The van der Waals surface area contributed by atoms with E-state index in [-0.39, 0.29) is 5.75 Å². The van der Waals surface area contributed by atoms with Gasteiger partial charge in [0, 0.05) is 17.5 Å². The molecule has 6 nitrogen and oxygen atoms in total. The van der Waals surface area contributed by atoms with Gasteiger partial charge in [-0.25, -0.2) is 14.8 Å². The second-order valence-electron chi connectivity index (χ2n) is 7.13. The maximum absolute atomic E-state index is 12.5. The number of rotatable bonds is 6. The molecule has 160 valence electrons. The number of esters is 1. The first kappa shape index (κ1) is 21.5. The molecule has 2 heterocycles. The van der Waals surface area contributed by atoms with Crippen molar-refractivity contribution in [2.75, 3.05) is 0 Å². The molecule has 0 saturated heterocycles. The molecule has 0 fully saturated rings. The third-order valence-electron chi connectivity index (χ3n) is 4.59. The van der Waals surface area contributed by atoms with Crippen LogP contribution in [0, 0.1) is 13.8 Å². The SMILES string of the molecule is Cc1cc(C)nc(SCc2cc(=O)c(OC(=O)c3ccc(-c4ccccc4)cc3)co2)n1. The summed E-state index contributed by atoms with van der Waals surface area (Å²) in [5, 5.41) is 0.611. The smallest absolute Gasteiger partial charge is 0.343 e. The molecule has 2 aromatic carbocycles. The number of hydrogen-bond donors (Lipinski definition) is 0. The molecule has 0 aliphatic carbocycles.